The lowest BCUT2D eigenvalue weighted by Gasteiger charge is -2.09. The summed E-state index contributed by atoms with van der Waals surface area (Å²) in [6, 6.07) is 8.43. The zero-order valence-corrected chi connectivity index (χ0v) is 17.4. The van der Waals surface area contributed by atoms with Crippen LogP contribution in [0.25, 0.3) is 28.3 Å². The van der Waals surface area contributed by atoms with Crippen LogP contribution in [0.1, 0.15) is 0 Å². The molecule has 0 aliphatic heterocycles. The molecule has 26 heavy (non-hydrogen) atoms. The van der Waals surface area contributed by atoms with Crippen LogP contribution in [0.4, 0.5) is 0 Å². The van der Waals surface area contributed by atoms with Crippen molar-refractivity contribution >= 4 is 66.0 Å². The summed E-state index contributed by atoms with van der Waals surface area (Å²) >= 11 is 19.1. The van der Waals surface area contributed by atoms with Crippen LogP contribution in [-0.4, -0.2) is 14.5 Å². The molecule has 0 unspecified atom stereocenters. The molecule has 0 radical (unpaired) electrons. The van der Waals surface area contributed by atoms with E-state index in [-0.39, 0.29) is 5.89 Å². The number of aromatic nitrogens is 3. The molecular formula is C17H7Br2Cl2N3O2. The van der Waals surface area contributed by atoms with Crippen LogP contribution < -0.4 is 5.63 Å². The van der Waals surface area contributed by atoms with Crippen molar-refractivity contribution in [2.75, 3.05) is 0 Å². The highest BCUT2D eigenvalue weighted by Gasteiger charge is 2.18. The second-order valence-corrected chi connectivity index (χ2v) is 7.93. The molecule has 0 spiro atoms. The van der Waals surface area contributed by atoms with E-state index in [1.54, 1.807) is 41.2 Å². The summed E-state index contributed by atoms with van der Waals surface area (Å²) in [5.74, 6) is 0.632. The minimum atomic E-state index is -0.538. The number of hydrogen-bond acceptors (Lipinski definition) is 4. The summed E-state index contributed by atoms with van der Waals surface area (Å²) in [4.78, 5) is 21.2. The lowest BCUT2D eigenvalue weighted by molar-refractivity contribution is 0.514. The number of benzene rings is 1. The fourth-order valence-electron chi connectivity index (χ4n) is 2.54. The van der Waals surface area contributed by atoms with E-state index in [0.29, 0.717) is 36.9 Å². The van der Waals surface area contributed by atoms with Crippen molar-refractivity contribution in [3.05, 3.63) is 72.1 Å². The molecular weight excluding hydrogens is 509 g/mol. The summed E-state index contributed by atoms with van der Waals surface area (Å²) in [6.07, 6.45) is 3.40. The molecule has 0 bridgehead atoms. The van der Waals surface area contributed by atoms with E-state index < -0.39 is 5.63 Å². The summed E-state index contributed by atoms with van der Waals surface area (Å²) in [5.41, 5.74) is 0.444. The smallest absolute Gasteiger partial charge is 0.347 e. The first-order valence-electron chi connectivity index (χ1n) is 7.23. The molecule has 3 heterocycles. The van der Waals surface area contributed by atoms with E-state index in [1.165, 1.54) is 6.07 Å². The average Bonchev–Trinajstić information content (AvgIpc) is 2.97. The number of pyridine rings is 1. The third kappa shape index (κ3) is 3.09. The van der Waals surface area contributed by atoms with Crippen molar-refractivity contribution in [1.82, 2.24) is 14.5 Å². The van der Waals surface area contributed by atoms with E-state index in [0.717, 1.165) is 4.47 Å². The molecule has 0 atom stereocenters. The Morgan fingerprint density at radius 1 is 1.15 bits per heavy atom. The quantitative estimate of drug-likeness (QED) is 0.335. The number of hydrogen-bond donors (Lipinski definition) is 0. The Hall–Kier alpha value is -1.67. The summed E-state index contributed by atoms with van der Waals surface area (Å²) in [7, 11) is 0. The van der Waals surface area contributed by atoms with E-state index in [2.05, 4.69) is 41.8 Å². The zero-order chi connectivity index (χ0) is 18.4. The molecule has 5 nitrogen and oxygen atoms in total. The molecule has 130 valence electrons. The van der Waals surface area contributed by atoms with Gasteiger partial charge in [-0.05, 0) is 62.2 Å². The largest absolute Gasteiger partial charge is 0.401 e. The molecule has 0 aliphatic carbocycles. The molecule has 4 aromatic rings. The monoisotopic (exact) mass is 513 g/mol. The van der Waals surface area contributed by atoms with E-state index >= 15 is 0 Å². The van der Waals surface area contributed by atoms with Crippen LogP contribution in [0.3, 0.4) is 0 Å². The Kier molecular flexibility index (Phi) is 4.64. The number of rotatable bonds is 2. The number of fused-ring (bicyclic) bond motifs is 1. The molecule has 1 aromatic carbocycles. The van der Waals surface area contributed by atoms with Gasteiger partial charge in [0.2, 0.25) is 5.89 Å². The predicted octanol–water partition coefficient (Wildman–Crippen LogP) is 5.87. The van der Waals surface area contributed by atoms with Crippen molar-refractivity contribution in [3.63, 3.8) is 0 Å². The summed E-state index contributed by atoms with van der Waals surface area (Å²) in [5, 5.41) is 1.16. The Balaban J connectivity index is 2.01. The van der Waals surface area contributed by atoms with Gasteiger partial charge in [0, 0.05) is 26.4 Å². The summed E-state index contributed by atoms with van der Waals surface area (Å²) < 4.78 is 8.50. The molecule has 0 saturated heterocycles. The maximum atomic E-state index is 12.5. The van der Waals surface area contributed by atoms with Crippen molar-refractivity contribution in [1.29, 1.82) is 0 Å². The first kappa shape index (κ1) is 17.7. The van der Waals surface area contributed by atoms with Crippen LogP contribution in [0.5, 0.6) is 0 Å². The zero-order valence-electron chi connectivity index (χ0n) is 12.7. The van der Waals surface area contributed by atoms with Crippen molar-refractivity contribution in [2.45, 2.75) is 0 Å². The molecule has 4 rings (SSSR count). The van der Waals surface area contributed by atoms with E-state index in [9.17, 15) is 4.79 Å². The highest BCUT2D eigenvalue weighted by atomic mass is 79.9. The minimum Gasteiger partial charge on any atom is -0.401 e. The average molecular weight is 516 g/mol. The van der Waals surface area contributed by atoms with Crippen LogP contribution in [-0.2, 0) is 0 Å². The van der Waals surface area contributed by atoms with Gasteiger partial charge >= 0.3 is 5.63 Å². The minimum absolute atomic E-state index is 0.137. The highest BCUT2D eigenvalue weighted by molar-refractivity contribution is 9.11. The normalized spacial score (nSPS) is 11.2. The molecule has 0 N–H and O–H groups in total. The van der Waals surface area contributed by atoms with Gasteiger partial charge in [0.05, 0.1) is 15.9 Å². The van der Waals surface area contributed by atoms with Gasteiger partial charge in [0.1, 0.15) is 5.69 Å². The van der Waals surface area contributed by atoms with E-state index in [4.69, 9.17) is 27.6 Å². The Bertz CT molecular complexity index is 1220. The van der Waals surface area contributed by atoms with Gasteiger partial charge in [-0.15, -0.1) is 0 Å². The van der Waals surface area contributed by atoms with E-state index in [1.807, 2.05) is 0 Å². The molecule has 0 amide bonds. The fourth-order valence-corrected chi connectivity index (χ4v) is 4.07. The highest BCUT2D eigenvalue weighted by Crippen LogP contribution is 2.31. The second-order valence-electron chi connectivity index (χ2n) is 5.31. The lowest BCUT2D eigenvalue weighted by Crippen LogP contribution is -2.06. The van der Waals surface area contributed by atoms with Gasteiger partial charge < -0.3 is 4.42 Å². The van der Waals surface area contributed by atoms with Crippen molar-refractivity contribution in [2.24, 2.45) is 0 Å². The maximum absolute atomic E-state index is 12.5. The first-order valence-corrected chi connectivity index (χ1v) is 9.57. The van der Waals surface area contributed by atoms with Gasteiger partial charge in [0.15, 0.2) is 5.82 Å². The SMILES string of the molecule is O=c1oc(-c2cc(Br)cn2-c2ncccc2Cl)nc2c(Br)cc(Cl)cc12. The second kappa shape index (κ2) is 6.81. The van der Waals surface area contributed by atoms with Crippen molar-refractivity contribution < 1.29 is 4.42 Å². The molecule has 3 aromatic heterocycles. The third-order valence-electron chi connectivity index (χ3n) is 3.62. The molecule has 0 aliphatic rings. The van der Waals surface area contributed by atoms with Gasteiger partial charge in [-0.3, -0.25) is 4.57 Å². The number of halogens is 4. The Morgan fingerprint density at radius 3 is 2.73 bits per heavy atom. The van der Waals surface area contributed by atoms with Gasteiger partial charge in [0.25, 0.3) is 0 Å². The third-order valence-corrected chi connectivity index (χ3v) is 5.18. The van der Waals surface area contributed by atoms with Crippen LogP contribution >= 0.6 is 55.1 Å². The maximum Gasteiger partial charge on any atom is 0.347 e. The standard InChI is InChI=1S/C17H7Br2Cl2N3O2/c18-8-4-13(24(7-8)15-12(21)2-1-3-22-15)16-23-14-10(17(25)26-16)5-9(20)6-11(14)19/h1-7H. The van der Waals surface area contributed by atoms with Crippen LogP contribution in [0, 0.1) is 0 Å². The van der Waals surface area contributed by atoms with Crippen LogP contribution in [0.15, 0.2) is 60.9 Å². The van der Waals surface area contributed by atoms with Gasteiger partial charge in [-0.1, -0.05) is 23.2 Å². The first-order chi connectivity index (χ1) is 12.4. The van der Waals surface area contributed by atoms with Crippen LogP contribution in [0.2, 0.25) is 10.0 Å². The Labute approximate surface area is 173 Å². The predicted molar refractivity (Wildman–Crippen MR) is 108 cm³/mol. The molecule has 0 fully saturated rings. The van der Waals surface area contributed by atoms with Crippen molar-refractivity contribution in [3.8, 4) is 17.4 Å². The van der Waals surface area contributed by atoms with Gasteiger partial charge in [-0.2, -0.15) is 0 Å². The van der Waals surface area contributed by atoms with Gasteiger partial charge in [-0.25, -0.2) is 14.8 Å². The summed E-state index contributed by atoms with van der Waals surface area (Å²) in [6.45, 7) is 0. The topological polar surface area (TPSA) is 60.9 Å². The lowest BCUT2D eigenvalue weighted by atomic mass is 10.2. The number of nitrogens with zero attached hydrogens (tertiary/aromatic N) is 3. The Morgan fingerprint density at radius 2 is 1.96 bits per heavy atom. The molecule has 9 heteroatoms. The molecule has 0 saturated carbocycles. The fraction of sp³-hybridized carbons (Fsp3) is 0.